The first-order valence-electron chi connectivity index (χ1n) is 6.06. The topological polar surface area (TPSA) is 51.2 Å². The molecular weight excluding hydrogens is 240 g/mol. The number of carbonyl (C=O) groups is 1. The third kappa shape index (κ3) is 3.10. The number of methoxy groups -OCH3 is 1. The molecule has 0 unspecified atom stereocenters. The minimum Gasteiger partial charge on any atom is -0.496 e. The number of hydrogen-bond donors (Lipinski definition) is 1. The molecule has 1 aromatic carbocycles. The fourth-order valence-electron chi connectivity index (χ4n) is 1.88. The minimum absolute atomic E-state index is 0.135. The van der Waals surface area contributed by atoms with Gasteiger partial charge < -0.3 is 10.1 Å². The number of nitrogens with one attached hydrogen (secondary N) is 1. The van der Waals surface area contributed by atoms with Crippen molar-refractivity contribution in [3.63, 3.8) is 0 Å². The van der Waals surface area contributed by atoms with E-state index in [-0.39, 0.29) is 11.9 Å². The molecule has 0 aliphatic carbocycles. The second-order valence-electron chi connectivity index (χ2n) is 4.18. The van der Waals surface area contributed by atoms with Crippen LogP contribution in [0.1, 0.15) is 28.9 Å². The summed E-state index contributed by atoms with van der Waals surface area (Å²) in [4.78, 5) is 16.0. The molecule has 0 spiro atoms. The fourth-order valence-corrected chi connectivity index (χ4v) is 1.88. The van der Waals surface area contributed by atoms with Crippen molar-refractivity contribution in [1.29, 1.82) is 0 Å². The van der Waals surface area contributed by atoms with Crippen LogP contribution in [0.2, 0.25) is 0 Å². The first kappa shape index (κ1) is 13.1. The van der Waals surface area contributed by atoms with Gasteiger partial charge in [-0.05, 0) is 25.1 Å². The Hall–Kier alpha value is -2.36. The molecule has 0 saturated carbocycles. The van der Waals surface area contributed by atoms with E-state index in [1.54, 1.807) is 31.6 Å². The summed E-state index contributed by atoms with van der Waals surface area (Å²) in [6.45, 7) is 1.92. The Morgan fingerprint density at radius 3 is 2.74 bits per heavy atom. The number of nitrogens with zero attached hydrogens (tertiary/aromatic N) is 1. The van der Waals surface area contributed by atoms with Gasteiger partial charge in [0, 0.05) is 18.0 Å². The van der Waals surface area contributed by atoms with Crippen molar-refractivity contribution in [1.82, 2.24) is 10.3 Å². The Morgan fingerprint density at radius 1 is 1.26 bits per heavy atom. The van der Waals surface area contributed by atoms with Crippen molar-refractivity contribution in [3.05, 3.63) is 59.9 Å². The van der Waals surface area contributed by atoms with Crippen LogP contribution in [-0.2, 0) is 0 Å². The predicted molar refractivity (Wildman–Crippen MR) is 73.1 cm³/mol. The zero-order valence-electron chi connectivity index (χ0n) is 11.0. The van der Waals surface area contributed by atoms with Gasteiger partial charge in [0.15, 0.2) is 0 Å². The quantitative estimate of drug-likeness (QED) is 0.914. The van der Waals surface area contributed by atoms with Crippen molar-refractivity contribution in [3.8, 4) is 5.75 Å². The van der Waals surface area contributed by atoms with Crippen molar-refractivity contribution in [2.24, 2.45) is 0 Å². The Balaban J connectivity index is 2.13. The summed E-state index contributed by atoms with van der Waals surface area (Å²) in [6, 6.07) is 11.0. The van der Waals surface area contributed by atoms with E-state index in [9.17, 15) is 4.79 Å². The molecule has 2 rings (SSSR count). The molecule has 0 aliphatic rings. The summed E-state index contributed by atoms with van der Waals surface area (Å²) in [5.74, 6) is 0.619. The van der Waals surface area contributed by atoms with Crippen LogP contribution < -0.4 is 10.1 Å². The van der Waals surface area contributed by atoms with Gasteiger partial charge in [-0.3, -0.25) is 9.78 Å². The van der Waals surface area contributed by atoms with Gasteiger partial charge in [-0.25, -0.2) is 0 Å². The number of aromatic nitrogens is 1. The zero-order chi connectivity index (χ0) is 13.7. The lowest BCUT2D eigenvalue weighted by molar-refractivity contribution is 0.0939. The standard InChI is InChI=1S/C15H16N2O2/c1-11(13-7-3-4-8-14(13)19-2)17-15(18)12-6-5-9-16-10-12/h3-11H,1-2H3,(H,17,18)/t11-/m1/s1. The highest BCUT2D eigenvalue weighted by Crippen LogP contribution is 2.24. The van der Waals surface area contributed by atoms with Crippen LogP contribution in [0.25, 0.3) is 0 Å². The number of rotatable bonds is 4. The summed E-state index contributed by atoms with van der Waals surface area (Å²) in [5.41, 5.74) is 1.49. The molecule has 0 aliphatic heterocycles. The number of para-hydroxylation sites is 1. The van der Waals surface area contributed by atoms with Crippen LogP contribution in [0.15, 0.2) is 48.8 Å². The number of benzene rings is 1. The molecular formula is C15H16N2O2. The van der Waals surface area contributed by atoms with Gasteiger partial charge in [-0.15, -0.1) is 0 Å². The van der Waals surface area contributed by atoms with E-state index in [0.29, 0.717) is 5.56 Å². The number of hydrogen-bond acceptors (Lipinski definition) is 3. The molecule has 4 nitrogen and oxygen atoms in total. The normalized spacial score (nSPS) is 11.7. The molecule has 1 amide bonds. The highest BCUT2D eigenvalue weighted by atomic mass is 16.5. The number of carbonyl (C=O) groups excluding carboxylic acids is 1. The Labute approximate surface area is 112 Å². The second-order valence-corrected chi connectivity index (χ2v) is 4.18. The maximum absolute atomic E-state index is 12.0. The summed E-state index contributed by atoms with van der Waals surface area (Å²) in [7, 11) is 1.62. The summed E-state index contributed by atoms with van der Waals surface area (Å²) >= 11 is 0. The van der Waals surface area contributed by atoms with Gasteiger partial charge in [0.2, 0.25) is 0 Å². The second kappa shape index (κ2) is 6.00. The number of pyridine rings is 1. The summed E-state index contributed by atoms with van der Waals surface area (Å²) in [5, 5.41) is 2.93. The van der Waals surface area contributed by atoms with Gasteiger partial charge in [0.05, 0.1) is 18.7 Å². The molecule has 4 heteroatoms. The van der Waals surface area contributed by atoms with Gasteiger partial charge in [-0.2, -0.15) is 0 Å². The van der Waals surface area contributed by atoms with E-state index >= 15 is 0 Å². The van der Waals surface area contributed by atoms with Crippen LogP contribution in [0.5, 0.6) is 5.75 Å². The molecule has 1 atom stereocenters. The Morgan fingerprint density at radius 2 is 2.05 bits per heavy atom. The molecule has 1 N–H and O–H groups in total. The molecule has 98 valence electrons. The average molecular weight is 256 g/mol. The molecule has 0 bridgehead atoms. The van der Waals surface area contributed by atoms with E-state index < -0.39 is 0 Å². The first-order chi connectivity index (χ1) is 9.22. The lowest BCUT2D eigenvalue weighted by Crippen LogP contribution is -2.26. The van der Waals surface area contributed by atoms with Crippen LogP contribution in [0.4, 0.5) is 0 Å². The van der Waals surface area contributed by atoms with Crippen molar-refractivity contribution < 1.29 is 9.53 Å². The largest absolute Gasteiger partial charge is 0.496 e. The smallest absolute Gasteiger partial charge is 0.253 e. The third-order valence-electron chi connectivity index (χ3n) is 2.88. The fraction of sp³-hybridized carbons (Fsp3) is 0.200. The summed E-state index contributed by atoms with van der Waals surface area (Å²) < 4.78 is 5.29. The van der Waals surface area contributed by atoms with Crippen LogP contribution >= 0.6 is 0 Å². The highest BCUT2D eigenvalue weighted by Gasteiger charge is 2.14. The van der Waals surface area contributed by atoms with Crippen molar-refractivity contribution in [2.45, 2.75) is 13.0 Å². The number of ether oxygens (including phenoxy) is 1. The van der Waals surface area contributed by atoms with Gasteiger partial charge in [0.1, 0.15) is 5.75 Å². The van der Waals surface area contributed by atoms with E-state index in [4.69, 9.17) is 4.74 Å². The Kier molecular flexibility index (Phi) is 4.13. The highest BCUT2D eigenvalue weighted by molar-refractivity contribution is 5.94. The molecule has 19 heavy (non-hydrogen) atoms. The maximum atomic E-state index is 12.0. The molecule has 1 heterocycles. The molecule has 2 aromatic rings. The van der Waals surface area contributed by atoms with Gasteiger partial charge in [0.25, 0.3) is 5.91 Å². The van der Waals surface area contributed by atoms with Crippen LogP contribution in [0.3, 0.4) is 0 Å². The lowest BCUT2D eigenvalue weighted by atomic mass is 10.1. The van der Waals surface area contributed by atoms with E-state index in [0.717, 1.165) is 11.3 Å². The maximum Gasteiger partial charge on any atom is 0.253 e. The molecule has 0 saturated heterocycles. The molecule has 0 fully saturated rings. The van der Waals surface area contributed by atoms with E-state index in [1.165, 1.54) is 0 Å². The first-order valence-corrected chi connectivity index (χ1v) is 6.06. The van der Waals surface area contributed by atoms with Crippen LogP contribution in [-0.4, -0.2) is 18.0 Å². The lowest BCUT2D eigenvalue weighted by Gasteiger charge is -2.17. The van der Waals surface area contributed by atoms with Crippen molar-refractivity contribution in [2.75, 3.05) is 7.11 Å². The monoisotopic (exact) mass is 256 g/mol. The van der Waals surface area contributed by atoms with Gasteiger partial charge in [-0.1, -0.05) is 18.2 Å². The minimum atomic E-state index is -0.147. The van der Waals surface area contributed by atoms with E-state index in [2.05, 4.69) is 10.3 Å². The van der Waals surface area contributed by atoms with Crippen LogP contribution in [0, 0.1) is 0 Å². The summed E-state index contributed by atoms with van der Waals surface area (Å²) in [6.07, 6.45) is 3.19. The average Bonchev–Trinajstić information content (AvgIpc) is 2.48. The Bertz CT molecular complexity index is 555. The SMILES string of the molecule is COc1ccccc1[C@@H](C)NC(=O)c1cccnc1. The van der Waals surface area contributed by atoms with Crippen molar-refractivity contribution >= 4 is 5.91 Å². The third-order valence-corrected chi connectivity index (χ3v) is 2.88. The molecule has 0 radical (unpaired) electrons. The van der Waals surface area contributed by atoms with E-state index in [1.807, 2.05) is 31.2 Å². The van der Waals surface area contributed by atoms with Gasteiger partial charge >= 0.3 is 0 Å². The number of amides is 1. The molecule has 1 aromatic heterocycles. The predicted octanol–water partition coefficient (Wildman–Crippen LogP) is 2.58. The zero-order valence-corrected chi connectivity index (χ0v) is 11.0.